The third-order valence-electron chi connectivity index (χ3n) is 5.17. The quantitative estimate of drug-likeness (QED) is 0.564. The van der Waals surface area contributed by atoms with E-state index >= 15 is 0 Å². The number of nitrogens with zero attached hydrogens (tertiary/aromatic N) is 5. The van der Waals surface area contributed by atoms with Crippen LogP contribution >= 0.6 is 11.3 Å². The van der Waals surface area contributed by atoms with Gasteiger partial charge in [-0.25, -0.2) is 9.31 Å². The first-order valence-electron chi connectivity index (χ1n) is 9.54. The summed E-state index contributed by atoms with van der Waals surface area (Å²) >= 11 is 1.35. The summed E-state index contributed by atoms with van der Waals surface area (Å²) in [5.74, 6) is -0.0353. The lowest BCUT2D eigenvalue weighted by Gasteiger charge is -2.34. The fourth-order valence-corrected chi connectivity index (χ4v) is 4.54. The average molecular weight is 431 g/mol. The fraction of sp³-hybridized carbons (Fsp3) is 0.444. The van der Waals surface area contributed by atoms with Gasteiger partial charge in [0.1, 0.15) is 0 Å². The first-order valence-corrected chi connectivity index (χ1v) is 10.4. The van der Waals surface area contributed by atoms with Crippen molar-refractivity contribution < 1.29 is 4.79 Å². The molecule has 0 spiro atoms. The number of hydrogen-bond acceptors (Lipinski definition) is 8. The van der Waals surface area contributed by atoms with Crippen LogP contribution < -0.4 is 21.7 Å². The van der Waals surface area contributed by atoms with E-state index in [0.29, 0.717) is 42.4 Å². The maximum Gasteiger partial charge on any atom is 0.325 e. The largest absolute Gasteiger partial charge is 0.343 e. The van der Waals surface area contributed by atoms with Crippen molar-refractivity contribution in [2.75, 3.05) is 31.1 Å². The Balaban J connectivity index is 1.38. The lowest BCUT2D eigenvalue weighted by Crippen LogP contribution is -2.49. The van der Waals surface area contributed by atoms with Gasteiger partial charge in [0, 0.05) is 55.6 Å². The van der Waals surface area contributed by atoms with Crippen molar-refractivity contribution in [3.63, 3.8) is 0 Å². The van der Waals surface area contributed by atoms with Gasteiger partial charge in [-0.3, -0.25) is 19.4 Å². The second kappa shape index (κ2) is 7.86. The van der Waals surface area contributed by atoms with E-state index in [1.165, 1.54) is 17.4 Å². The maximum absolute atomic E-state index is 12.6. The van der Waals surface area contributed by atoms with E-state index in [0.717, 1.165) is 10.8 Å². The van der Waals surface area contributed by atoms with E-state index in [4.69, 9.17) is 0 Å². The molecule has 1 aliphatic heterocycles. The minimum atomic E-state index is -0.548. The smallest absolute Gasteiger partial charge is 0.325 e. The van der Waals surface area contributed by atoms with Crippen LogP contribution in [0.25, 0.3) is 4.96 Å². The molecule has 0 aliphatic carbocycles. The monoisotopic (exact) mass is 431 g/mol. The molecule has 1 fully saturated rings. The molecule has 0 atom stereocenters. The van der Waals surface area contributed by atoms with E-state index in [-0.39, 0.29) is 24.3 Å². The van der Waals surface area contributed by atoms with Crippen LogP contribution in [0.4, 0.5) is 5.13 Å². The molecule has 0 radical (unpaired) electrons. The Morgan fingerprint density at radius 3 is 2.57 bits per heavy atom. The molecule has 3 aromatic rings. The van der Waals surface area contributed by atoms with Gasteiger partial charge in [-0.1, -0.05) is 11.3 Å². The van der Waals surface area contributed by atoms with Crippen LogP contribution in [0.15, 0.2) is 20.4 Å². The molecule has 0 saturated carbocycles. The lowest BCUT2D eigenvalue weighted by molar-refractivity contribution is -0.131. The van der Waals surface area contributed by atoms with E-state index < -0.39 is 11.2 Å². The van der Waals surface area contributed by atoms with E-state index in [9.17, 15) is 19.2 Å². The molecule has 0 bridgehead atoms. The molecule has 11 nitrogen and oxygen atoms in total. The van der Waals surface area contributed by atoms with Crippen LogP contribution in [0.5, 0.6) is 0 Å². The van der Waals surface area contributed by atoms with Gasteiger partial charge >= 0.3 is 5.69 Å². The molecular weight excluding hydrogens is 410 g/mol. The number of aryl methyl sites for hydroxylation is 2. The fourth-order valence-electron chi connectivity index (χ4n) is 3.53. The Hall–Kier alpha value is -3.28. The normalized spacial score (nSPS) is 14.5. The average Bonchev–Trinajstić information content (AvgIpc) is 3.11. The van der Waals surface area contributed by atoms with Crippen molar-refractivity contribution >= 4 is 27.3 Å². The second-order valence-corrected chi connectivity index (χ2v) is 8.13. The predicted molar refractivity (Wildman–Crippen MR) is 111 cm³/mol. The molecule has 0 aromatic carbocycles. The SMILES string of the molecule is Cc1[nH]c(=O)[nH]c(=O)c1CCC(=O)N1CCN(c2nn3c(C)cc(=O)nc3s2)CC1. The predicted octanol–water partition coefficient (Wildman–Crippen LogP) is -0.574. The van der Waals surface area contributed by atoms with Crippen LogP contribution in [0.1, 0.15) is 23.4 Å². The first kappa shape index (κ1) is 20.0. The zero-order chi connectivity index (χ0) is 21.4. The second-order valence-electron chi connectivity index (χ2n) is 7.19. The van der Waals surface area contributed by atoms with Gasteiger partial charge in [-0.05, 0) is 20.3 Å². The molecule has 1 amide bonds. The number of H-pyrrole nitrogens is 2. The third-order valence-corrected chi connectivity index (χ3v) is 6.14. The summed E-state index contributed by atoms with van der Waals surface area (Å²) in [5.41, 5.74) is 0.359. The van der Waals surface area contributed by atoms with Crippen molar-refractivity contribution in [1.82, 2.24) is 29.5 Å². The third kappa shape index (κ3) is 3.90. The summed E-state index contributed by atoms with van der Waals surface area (Å²) in [6.45, 7) is 5.78. The Morgan fingerprint density at radius 2 is 1.87 bits per heavy atom. The summed E-state index contributed by atoms with van der Waals surface area (Å²) in [6.07, 6.45) is 0.469. The minimum absolute atomic E-state index is 0.0353. The Kier molecular flexibility index (Phi) is 5.24. The van der Waals surface area contributed by atoms with Crippen molar-refractivity contribution in [3.05, 3.63) is 54.2 Å². The number of rotatable bonds is 4. The molecule has 2 N–H and O–H groups in total. The van der Waals surface area contributed by atoms with Gasteiger partial charge in [0.25, 0.3) is 11.1 Å². The van der Waals surface area contributed by atoms with Crippen LogP contribution in [-0.4, -0.2) is 61.6 Å². The zero-order valence-corrected chi connectivity index (χ0v) is 17.4. The highest BCUT2D eigenvalue weighted by Crippen LogP contribution is 2.23. The highest BCUT2D eigenvalue weighted by molar-refractivity contribution is 7.20. The lowest BCUT2D eigenvalue weighted by atomic mass is 10.1. The molecule has 1 saturated heterocycles. The number of fused-ring (bicyclic) bond motifs is 1. The minimum Gasteiger partial charge on any atom is -0.343 e. The van der Waals surface area contributed by atoms with Gasteiger partial charge in [-0.2, -0.15) is 4.98 Å². The summed E-state index contributed by atoms with van der Waals surface area (Å²) in [6, 6.07) is 1.45. The number of nitrogens with one attached hydrogen (secondary N) is 2. The Morgan fingerprint density at radius 1 is 1.13 bits per heavy atom. The molecule has 3 aromatic heterocycles. The summed E-state index contributed by atoms with van der Waals surface area (Å²) in [7, 11) is 0. The standard InChI is InChI=1S/C18H21N7O4S/c1-10-9-13(26)20-17-25(10)22-18(30-17)24-7-5-23(6-8-24)14(27)4-3-12-11(2)19-16(29)21-15(12)28/h9H,3-8H2,1-2H3,(H2,19,21,28,29). The van der Waals surface area contributed by atoms with Gasteiger partial charge in [0.05, 0.1) is 0 Å². The molecular formula is C18H21N7O4S. The number of hydrogen-bond donors (Lipinski definition) is 2. The van der Waals surface area contributed by atoms with Crippen LogP contribution in [0.3, 0.4) is 0 Å². The summed E-state index contributed by atoms with van der Waals surface area (Å²) in [4.78, 5) is 60.5. The Labute approximate surface area is 174 Å². The van der Waals surface area contributed by atoms with Crippen molar-refractivity contribution in [2.45, 2.75) is 26.7 Å². The molecule has 158 valence electrons. The molecule has 30 heavy (non-hydrogen) atoms. The molecule has 4 rings (SSSR count). The molecule has 1 aliphatic rings. The molecule has 0 unspecified atom stereocenters. The highest BCUT2D eigenvalue weighted by Gasteiger charge is 2.24. The zero-order valence-electron chi connectivity index (χ0n) is 16.6. The van der Waals surface area contributed by atoms with Crippen molar-refractivity contribution in [3.8, 4) is 0 Å². The van der Waals surface area contributed by atoms with Crippen molar-refractivity contribution in [2.24, 2.45) is 0 Å². The van der Waals surface area contributed by atoms with Crippen LogP contribution in [0, 0.1) is 13.8 Å². The van der Waals surface area contributed by atoms with Crippen LogP contribution in [-0.2, 0) is 11.2 Å². The summed E-state index contributed by atoms with van der Waals surface area (Å²) < 4.78 is 1.66. The Bertz CT molecular complexity index is 1280. The van der Waals surface area contributed by atoms with Crippen LogP contribution in [0.2, 0.25) is 0 Å². The van der Waals surface area contributed by atoms with Gasteiger partial charge < -0.3 is 14.8 Å². The van der Waals surface area contributed by atoms with E-state index in [1.807, 2.05) is 6.92 Å². The number of carbonyl (C=O) groups is 1. The summed E-state index contributed by atoms with van der Waals surface area (Å²) in [5, 5.41) is 5.30. The highest BCUT2D eigenvalue weighted by atomic mass is 32.1. The topological polar surface area (TPSA) is 137 Å². The van der Waals surface area contributed by atoms with E-state index in [2.05, 4.69) is 25.0 Å². The van der Waals surface area contributed by atoms with Gasteiger partial charge in [0.15, 0.2) is 0 Å². The van der Waals surface area contributed by atoms with Gasteiger partial charge in [0.2, 0.25) is 16.0 Å². The van der Waals surface area contributed by atoms with E-state index in [1.54, 1.807) is 16.3 Å². The maximum atomic E-state index is 12.6. The number of anilines is 1. The first-order chi connectivity index (χ1) is 14.3. The molecule has 12 heteroatoms. The number of aromatic nitrogens is 5. The number of aromatic amines is 2. The van der Waals surface area contributed by atoms with Crippen molar-refractivity contribution in [1.29, 1.82) is 0 Å². The number of piperazine rings is 1. The molecule has 4 heterocycles. The van der Waals surface area contributed by atoms with Gasteiger partial charge in [-0.15, -0.1) is 5.10 Å². The number of amides is 1. The number of carbonyl (C=O) groups excluding carboxylic acids is 1.